The van der Waals surface area contributed by atoms with Crippen LogP contribution in [0.3, 0.4) is 0 Å². The zero-order chi connectivity index (χ0) is 10.0. The number of hydrogen-bond donors (Lipinski definition) is 1. The van der Waals surface area contributed by atoms with Crippen LogP contribution in [0.15, 0.2) is 12.1 Å². The van der Waals surface area contributed by atoms with E-state index in [9.17, 15) is 0 Å². The molecule has 1 aromatic carbocycles. The molecule has 0 atom stereocenters. The summed E-state index contributed by atoms with van der Waals surface area (Å²) in [6.07, 6.45) is 0. The van der Waals surface area contributed by atoms with Crippen LogP contribution in [0.2, 0.25) is 15.1 Å². The fourth-order valence-electron chi connectivity index (χ4n) is 0.944. The van der Waals surface area contributed by atoms with E-state index in [1.165, 1.54) is 0 Å². The minimum atomic E-state index is 0.315. The third-order valence-corrected chi connectivity index (χ3v) is 2.49. The van der Waals surface area contributed by atoms with Crippen LogP contribution in [0.1, 0.15) is 13.8 Å². The molecule has 0 aliphatic rings. The van der Waals surface area contributed by atoms with Crippen LogP contribution in [0.5, 0.6) is 0 Å². The van der Waals surface area contributed by atoms with Crippen LogP contribution >= 0.6 is 34.8 Å². The number of benzene rings is 1. The van der Waals surface area contributed by atoms with Crippen molar-refractivity contribution in [3.05, 3.63) is 27.2 Å². The Bertz CT molecular complexity index is 310. The summed E-state index contributed by atoms with van der Waals surface area (Å²) < 4.78 is 0. The highest BCUT2D eigenvalue weighted by molar-refractivity contribution is 6.44. The molecule has 1 rings (SSSR count). The molecule has 0 aliphatic carbocycles. The Morgan fingerprint density at radius 3 is 2.08 bits per heavy atom. The highest BCUT2D eigenvalue weighted by atomic mass is 35.5. The van der Waals surface area contributed by atoms with E-state index in [4.69, 9.17) is 34.8 Å². The number of halogens is 3. The van der Waals surface area contributed by atoms with Gasteiger partial charge >= 0.3 is 0 Å². The van der Waals surface area contributed by atoms with Gasteiger partial charge in [-0.2, -0.15) is 0 Å². The summed E-state index contributed by atoms with van der Waals surface area (Å²) in [6, 6.07) is 3.68. The van der Waals surface area contributed by atoms with E-state index in [0.29, 0.717) is 21.1 Å². The van der Waals surface area contributed by atoms with Gasteiger partial charge in [-0.1, -0.05) is 34.8 Å². The summed E-state index contributed by atoms with van der Waals surface area (Å²) in [4.78, 5) is 0. The van der Waals surface area contributed by atoms with Gasteiger partial charge in [-0.05, 0) is 26.0 Å². The first-order valence-electron chi connectivity index (χ1n) is 3.92. The highest BCUT2D eigenvalue weighted by Gasteiger charge is 2.06. The monoisotopic (exact) mass is 237 g/mol. The van der Waals surface area contributed by atoms with Crippen molar-refractivity contribution in [3.63, 3.8) is 0 Å². The maximum atomic E-state index is 5.94. The maximum absolute atomic E-state index is 5.94. The standard InChI is InChI=1S/C9H10Cl3N/c1-5(2)13-9-4-7(11)6(10)3-8(9)12/h3-5,13H,1-2H3. The van der Waals surface area contributed by atoms with Crippen molar-refractivity contribution in [2.24, 2.45) is 0 Å². The van der Waals surface area contributed by atoms with Gasteiger partial charge in [-0.3, -0.25) is 0 Å². The van der Waals surface area contributed by atoms with Gasteiger partial charge in [-0.25, -0.2) is 0 Å². The molecule has 0 amide bonds. The van der Waals surface area contributed by atoms with Gasteiger partial charge in [0.15, 0.2) is 0 Å². The van der Waals surface area contributed by atoms with Gasteiger partial charge < -0.3 is 5.32 Å². The van der Waals surface area contributed by atoms with Crippen molar-refractivity contribution in [3.8, 4) is 0 Å². The molecule has 13 heavy (non-hydrogen) atoms. The molecule has 0 unspecified atom stereocenters. The van der Waals surface area contributed by atoms with Gasteiger partial charge in [0, 0.05) is 6.04 Å². The molecule has 4 heteroatoms. The minimum absolute atomic E-state index is 0.315. The molecule has 1 nitrogen and oxygen atoms in total. The third-order valence-electron chi connectivity index (χ3n) is 1.45. The summed E-state index contributed by atoms with van der Waals surface area (Å²) in [7, 11) is 0. The zero-order valence-electron chi connectivity index (χ0n) is 7.37. The van der Waals surface area contributed by atoms with Gasteiger partial charge in [-0.15, -0.1) is 0 Å². The van der Waals surface area contributed by atoms with Crippen molar-refractivity contribution in [2.75, 3.05) is 5.32 Å². The molecule has 0 bridgehead atoms. The first-order valence-corrected chi connectivity index (χ1v) is 5.05. The van der Waals surface area contributed by atoms with E-state index < -0.39 is 0 Å². The summed E-state index contributed by atoms with van der Waals surface area (Å²) in [5, 5.41) is 4.73. The molecule has 0 spiro atoms. The van der Waals surface area contributed by atoms with Crippen molar-refractivity contribution in [1.82, 2.24) is 0 Å². The summed E-state index contributed by atoms with van der Waals surface area (Å²) >= 11 is 17.6. The van der Waals surface area contributed by atoms with Crippen LogP contribution < -0.4 is 5.32 Å². The third kappa shape index (κ3) is 2.94. The molecule has 0 fully saturated rings. The van der Waals surface area contributed by atoms with Crippen molar-refractivity contribution in [1.29, 1.82) is 0 Å². The number of rotatable bonds is 2. The first kappa shape index (κ1) is 11.0. The molecule has 0 saturated heterocycles. The van der Waals surface area contributed by atoms with Crippen LogP contribution in [0.25, 0.3) is 0 Å². The predicted molar refractivity (Wildman–Crippen MR) is 60.2 cm³/mol. The Labute approximate surface area is 93.0 Å². The van der Waals surface area contributed by atoms with Crippen molar-refractivity contribution >= 4 is 40.5 Å². The zero-order valence-corrected chi connectivity index (χ0v) is 9.63. The molecule has 1 aromatic rings. The van der Waals surface area contributed by atoms with Crippen LogP contribution in [0.4, 0.5) is 5.69 Å². The van der Waals surface area contributed by atoms with Crippen molar-refractivity contribution in [2.45, 2.75) is 19.9 Å². The number of hydrogen-bond acceptors (Lipinski definition) is 1. The van der Waals surface area contributed by atoms with Gasteiger partial charge in [0.1, 0.15) is 0 Å². The second-order valence-electron chi connectivity index (χ2n) is 3.05. The first-order chi connectivity index (χ1) is 6.00. The van der Waals surface area contributed by atoms with Gasteiger partial charge in [0.25, 0.3) is 0 Å². The smallest absolute Gasteiger partial charge is 0.0653 e. The van der Waals surface area contributed by atoms with E-state index in [2.05, 4.69) is 5.32 Å². The topological polar surface area (TPSA) is 12.0 Å². The van der Waals surface area contributed by atoms with E-state index in [1.807, 2.05) is 13.8 Å². The fourth-order valence-corrected chi connectivity index (χ4v) is 1.55. The number of anilines is 1. The number of nitrogens with one attached hydrogen (secondary N) is 1. The minimum Gasteiger partial charge on any atom is -0.382 e. The average Bonchev–Trinajstić information content (AvgIpc) is 1.99. The fraction of sp³-hybridized carbons (Fsp3) is 0.333. The van der Waals surface area contributed by atoms with E-state index in [-0.39, 0.29) is 0 Å². The quantitative estimate of drug-likeness (QED) is 0.750. The van der Waals surface area contributed by atoms with E-state index in [1.54, 1.807) is 12.1 Å². The second-order valence-corrected chi connectivity index (χ2v) is 4.27. The Kier molecular flexibility index (Phi) is 3.72. The lowest BCUT2D eigenvalue weighted by atomic mass is 10.3. The molecular formula is C9H10Cl3N. The molecule has 0 aromatic heterocycles. The molecule has 0 heterocycles. The predicted octanol–water partition coefficient (Wildman–Crippen LogP) is 4.47. The average molecular weight is 239 g/mol. The second kappa shape index (κ2) is 4.41. The SMILES string of the molecule is CC(C)Nc1cc(Cl)c(Cl)cc1Cl. The molecule has 1 N–H and O–H groups in total. The Balaban J connectivity index is 3.01. The highest BCUT2D eigenvalue weighted by Crippen LogP contribution is 2.32. The van der Waals surface area contributed by atoms with E-state index in [0.717, 1.165) is 5.69 Å². The maximum Gasteiger partial charge on any atom is 0.0653 e. The molecule has 72 valence electrons. The molecular weight excluding hydrogens is 228 g/mol. The normalized spacial score (nSPS) is 10.6. The van der Waals surface area contributed by atoms with Crippen LogP contribution in [0, 0.1) is 0 Å². The Morgan fingerprint density at radius 2 is 1.54 bits per heavy atom. The van der Waals surface area contributed by atoms with Gasteiger partial charge in [0.05, 0.1) is 20.8 Å². The molecule has 0 aliphatic heterocycles. The summed E-state index contributed by atoms with van der Waals surface area (Å²) in [5.41, 5.74) is 0.811. The van der Waals surface area contributed by atoms with Crippen LogP contribution in [-0.4, -0.2) is 6.04 Å². The Morgan fingerprint density at radius 1 is 1.00 bits per heavy atom. The largest absolute Gasteiger partial charge is 0.382 e. The van der Waals surface area contributed by atoms with Gasteiger partial charge in [0.2, 0.25) is 0 Å². The van der Waals surface area contributed by atoms with E-state index >= 15 is 0 Å². The lowest BCUT2D eigenvalue weighted by molar-refractivity contribution is 0.900. The lowest BCUT2D eigenvalue weighted by Crippen LogP contribution is -2.09. The molecule has 0 saturated carbocycles. The van der Waals surface area contributed by atoms with Crippen LogP contribution in [-0.2, 0) is 0 Å². The Hall–Kier alpha value is -0.110. The lowest BCUT2D eigenvalue weighted by Gasteiger charge is -2.12. The summed E-state index contributed by atoms with van der Waals surface area (Å²) in [5.74, 6) is 0. The molecule has 0 radical (unpaired) electrons. The summed E-state index contributed by atoms with van der Waals surface area (Å²) in [6.45, 7) is 4.05. The van der Waals surface area contributed by atoms with Crippen molar-refractivity contribution < 1.29 is 0 Å².